The van der Waals surface area contributed by atoms with Gasteiger partial charge >= 0.3 is 5.97 Å². The van der Waals surface area contributed by atoms with Crippen molar-refractivity contribution in [3.8, 4) is 0 Å². The van der Waals surface area contributed by atoms with Gasteiger partial charge in [0, 0.05) is 13.2 Å². The fourth-order valence-electron chi connectivity index (χ4n) is 1.99. The maximum atomic E-state index is 13.7. The first-order valence-electron chi connectivity index (χ1n) is 6.46. The summed E-state index contributed by atoms with van der Waals surface area (Å²) in [6, 6.07) is 3.81. The molecule has 0 saturated carbocycles. The number of halogens is 1. The van der Waals surface area contributed by atoms with E-state index < -0.39 is 11.8 Å². The minimum absolute atomic E-state index is 0.0662. The molecule has 0 aliphatic carbocycles. The maximum Gasteiger partial charge on any atom is 0.335 e. The molecule has 0 saturated heterocycles. The van der Waals surface area contributed by atoms with Crippen LogP contribution in [0.1, 0.15) is 36.5 Å². The zero-order chi connectivity index (χ0) is 14.3. The number of carbonyl (C=O) groups is 1. The van der Waals surface area contributed by atoms with Gasteiger partial charge in [-0.3, -0.25) is 0 Å². The average molecular weight is 269 g/mol. The highest BCUT2D eigenvalue weighted by molar-refractivity contribution is 5.88. The van der Waals surface area contributed by atoms with E-state index in [4.69, 9.17) is 10.2 Å². The topological polar surface area (TPSA) is 69.6 Å². The first kappa shape index (κ1) is 15.4. The van der Waals surface area contributed by atoms with Crippen molar-refractivity contribution in [1.29, 1.82) is 0 Å². The van der Waals surface area contributed by atoms with Crippen molar-refractivity contribution in [3.05, 3.63) is 29.6 Å². The van der Waals surface area contributed by atoms with E-state index in [9.17, 15) is 9.18 Å². The largest absolute Gasteiger partial charge is 0.478 e. The fraction of sp³-hybridized carbons (Fsp3) is 0.500. The summed E-state index contributed by atoms with van der Waals surface area (Å²) in [5, 5.41) is 20.7. The number of aliphatic hydroxyl groups is 1. The number of carboxylic acids is 1. The van der Waals surface area contributed by atoms with Crippen LogP contribution >= 0.6 is 0 Å². The van der Waals surface area contributed by atoms with E-state index in [1.54, 1.807) is 0 Å². The second kappa shape index (κ2) is 7.74. The van der Waals surface area contributed by atoms with Crippen LogP contribution in [0.25, 0.3) is 0 Å². The molecule has 0 heterocycles. The lowest BCUT2D eigenvalue weighted by Gasteiger charge is -2.17. The van der Waals surface area contributed by atoms with Crippen molar-refractivity contribution >= 4 is 11.7 Å². The third kappa shape index (κ3) is 4.87. The quantitative estimate of drug-likeness (QED) is 0.678. The Morgan fingerprint density at radius 1 is 1.42 bits per heavy atom. The lowest BCUT2D eigenvalue weighted by atomic mass is 10.00. The minimum Gasteiger partial charge on any atom is -0.478 e. The number of rotatable bonds is 8. The number of benzene rings is 1. The molecular weight excluding hydrogens is 249 g/mol. The smallest absolute Gasteiger partial charge is 0.335 e. The molecule has 19 heavy (non-hydrogen) atoms. The third-order valence-electron chi connectivity index (χ3n) is 3.03. The second-order valence-electron chi connectivity index (χ2n) is 4.55. The monoisotopic (exact) mass is 269 g/mol. The Balaban J connectivity index is 2.63. The first-order valence-corrected chi connectivity index (χ1v) is 6.46. The lowest BCUT2D eigenvalue weighted by Crippen LogP contribution is -2.16. The van der Waals surface area contributed by atoms with Crippen LogP contribution in [0.15, 0.2) is 18.2 Å². The van der Waals surface area contributed by atoms with Crippen LogP contribution in [-0.4, -0.2) is 29.3 Å². The van der Waals surface area contributed by atoms with Crippen molar-refractivity contribution in [2.45, 2.75) is 26.2 Å². The van der Waals surface area contributed by atoms with E-state index in [0.717, 1.165) is 18.9 Å². The normalized spacial score (nSPS) is 12.2. The molecule has 1 aromatic carbocycles. The second-order valence-corrected chi connectivity index (χ2v) is 4.55. The molecule has 4 nitrogen and oxygen atoms in total. The molecule has 3 N–H and O–H groups in total. The predicted octanol–water partition coefficient (Wildman–Crippen LogP) is 2.73. The van der Waals surface area contributed by atoms with Crippen LogP contribution in [0.4, 0.5) is 10.1 Å². The Morgan fingerprint density at radius 3 is 2.68 bits per heavy atom. The van der Waals surface area contributed by atoms with Gasteiger partial charge in [0.25, 0.3) is 0 Å². The van der Waals surface area contributed by atoms with Gasteiger partial charge in [-0.15, -0.1) is 0 Å². The van der Waals surface area contributed by atoms with Gasteiger partial charge in [-0.05, 0) is 37.0 Å². The molecule has 0 aliphatic rings. The summed E-state index contributed by atoms with van der Waals surface area (Å²) >= 11 is 0. The van der Waals surface area contributed by atoms with E-state index in [1.165, 1.54) is 12.1 Å². The lowest BCUT2D eigenvalue weighted by molar-refractivity contribution is 0.0696. The van der Waals surface area contributed by atoms with Crippen molar-refractivity contribution in [3.63, 3.8) is 0 Å². The summed E-state index contributed by atoms with van der Waals surface area (Å²) in [4.78, 5) is 10.7. The summed E-state index contributed by atoms with van der Waals surface area (Å²) in [7, 11) is 0. The van der Waals surface area contributed by atoms with E-state index in [1.807, 2.05) is 0 Å². The molecule has 5 heteroatoms. The molecule has 0 radical (unpaired) electrons. The molecule has 106 valence electrons. The summed E-state index contributed by atoms with van der Waals surface area (Å²) in [5.74, 6) is -1.43. The molecule has 0 aromatic heterocycles. The summed E-state index contributed by atoms with van der Waals surface area (Å²) < 4.78 is 13.7. The van der Waals surface area contributed by atoms with Crippen LogP contribution in [0.3, 0.4) is 0 Å². The third-order valence-corrected chi connectivity index (χ3v) is 3.03. The SMILES string of the molecule is CCCC(CCO)CNc1ccc(C(=O)O)cc1F. The fourth-order valence-corrected chi connectivity index (χ4v) is 1.99. The van der Waals surface area contributed by atoms with Crippen LogP contribution in [0.2, 0.25) is 0 Å². The Kier molecular flexibility index (Phi) is 6.29. The number of anilines is 1. The zero-order valence-electron chi connectivity index (χ0n) is 11.0. The van der Waals surface area contributed by atoms with Gasteiger partial charge in [0.1, 0.15) is 5.82 Å². The van der Waals surface area contributed by atoms with Gasteiger partial charge in [0.2, 0.25) is 0 Å². The number of hydrogen-bond donors (Lipinski definition) is 3. The van der Waals surface area contributed by atoms with Crippen LogP contribution in [0, 0.1) is 11.7 Å². The summed E-state index contributed by atoms with van der Waals surface area (Å²) in [5.41, 5.74) is 0.229. The number of nitrogens with one attached hydrogen (secondary N) is 1. The van der Waals surface area contributed by atoms with E-state index >= 15 is 0 Å². The summed E-state index contributed by atoms with van der Waals surface area (Å²) in [6.07, 6.45) is 2.64. The molecule has 0 spiro atoms. The van der Waals surface area contributed by atoms with Gasteiger partial charge in [0.15, 0.2) is 0 Å². The van der Waals surface area contributed by atoms with Crippen molar-refractivity contribution in [1.82, 2.24) is 0 Å². The Bertz CT molecular complexity index is 417. The Hall–Kier alpha value is -1.62. The van der Waals surface area contributed by atoms with E-state index in [2.05, 4.69) is 12.2 Å². The highest BCUT2D eigenvalue weighted by Crippen LogP contribution is 2.18. The number of aliphatic hydroxyl groups excluding tert-OH is 1. The Morgan fingerprint density at radius 2 is 2.16 bits per heavy atom. The van der Waals surface area contributed by atoms with Crippen LogP contribution in [-0.2, 0) is 0 Å². The molecule has 1 rings (SSSR count). The standard InChI is InChI=1S/C14H20FNO3/c1-2-3-10(6-7-17)9-16-13-5-4-11(14(18)19)8-12(13)15/h4-5,8,10,16-17H,2-3,6-7,9H2,1H3,(H,18,19). The maximum absolute atomic E-state index is 13.7. The Labute approximate surface area is 112 Å². The average Bonchev–Trinajstić information content (AvgIpc) is 2.37. The highest BCUT2D eigenvalue weighted by Gasteiger charge is 2.11. The van der Waals surface area contributed by atoms with Gasteiger partial charge in [0.05, 0.1) is 11.3 Å². The predicted molar refractivity (Wildman–Crippen MR) is 71.9 cm³/mol. The number of hydrogen-bond acceptors (Lipinski definition) is 3. The van der Waals surface area contributed by atoms with Gasteiger partial charge in [-0.1, -0.05) is 13.3 Å². The van der Waals surface area contributed by atoms with E-state index in [-0.39, 0.29) is 18.1 Å². The number of carboxylic acid groups (broad SMARTS) is 1. The molecule has 0 bridgehead atoms. The van der Waals surface area contributed by atoms with Crippen molar-refractivity contribution in [2.24, 2.45) is 5.92 Å². The molecule has 0 aliphatic heterocycles. The molecule has 0 amide bonds. The van der Waals surface area contributed by atoms with Gasteiger partial charge in [-0.25, -0.2) is 9.18 Å². The molecule has 1 aromatic rings. The molecular formula is C14H20FNO3. The number of aromatic carboxylic acids is 1. The van der Waals surface area contributed by atoms with Crippen LogP contribution < -0.4 is 5.32 Å². The molecule has 1 atom stereocenters. The first-order chi connectivity index (χ1) is 9.08. The van der Waals surface area contributed by atoms with Gasteiger partial charge < -0.3 is 15.5 Å². The van der Waals surface area contributed by atoms with Gasteiger partial charge in [-0.2, -0.15) is 0 Å². The molecule has 1 unspecified atom stereocenters. The van der Waals surface area contributed by atoms with Crippen molar-refractivity contribution < 1.29 is 19.4 Å². The van der Waals surface area contributed by atoms with Crippen LogP contribution in [0.5, 0.6) is 0 Å². The zero-order valence-corrected chi connectivity index (χ0v) is 11.0. The summed E-state index contributed by atoms with van der Waals surface area (Å²) in [6.45, 7) is 2.75. The molecule has 0 fully saturated rings. The van der Waals surface area contributed by atoms with Crippen molar-refractivity contribution in [2.75, 3.05) is 18.5 Å². The minimum atomic E-state index is -1.14. The van der Waals surface area contributed by atoms with E-state index in [0.29, 0.717) is 18.7 Å². The highest BCUT2D eigenvalue weighted by atomic mass is 19.1.